The van der Waals surface area contributed by atoms with E-state index in [4.69, 9.17) is 5.73 Å². The fourth-order valence-electron chi connectivity index (χ4n) is 2.13. The van der Waals surface area contributed by atoms with Crippen LogP contribution in [-0.2, 0) is 6.54 Å². The van der Waals surface area contributed by atoms with Crippen molar-refractivity contribution in [3.8, 4) is 0 Å². The Morgan fingerprint density at radius 3 is 2.82 bits per heavy atom. The third-order valence-electron chi connectivity index (χ3n) is 3.41. The van der Waals surface area contributed by atoms with Crippen LogP contribution in [0, 0.1) is 5.92 Å². The molecule has 1 heterocycles. The lowest BCUT2D eigenvalue weighted by atomic mass is 10.2. The zero-order valence-electron chi connectivity index (χ0n) is 11.0. The molecule has 0 unspecified atom stereocenters. The lowest BCUT2D eigenvalue weighted by Crippen LogP contribution is -2.34. The predicted octanol–water partition coefficient (Wildman–Crippen LogP) is 1.98. The monoisotopic (exact) mass is 236 g/mol. The summed E-state index contributed by atoms with van der Waals surface area (Å²) in [5, 5.41) is 4.20. The highest BCUT2D eigenvalue weighted by Gasteiger charge is 2.24. The summed E-state index contributed by atoms with van der Waals surface area (Å²) in [6, 6.07) is 2.50. The Bertz CT molecular complexity index is 341. The van der Waals surface area contributed by atoms with Crippen molar-refractivity contribution in [3.63, 3.8) is 0 Å². The van der Waals surface area contributed by atoms with E-state index in [0.717, 1.165) is 25.4 Å². The van der Waals surface area contributed by atoms with Gasteiger partial charge in [0.05, 0.1) is 0 Å². The summed E-state index contributed by atoms with van der Waals surface area (Å²) in [4.78, 5) is 2.59. The average molecular weight is 236 g/mol. The highest BCUT2D eigenvalue weighted by atomic mass is 15.3. The van der Waals surface area contributed by atoms with E-state index in [1.807, 2.05) is 16.9 Å². The van der Waals surface area contributed by atoms with Gasteiger partial charge in [0.1, 0.15) is 5.82 Å². The minimum Gasteiger partial charge on any atom is -0.382 e. The van der Waals surface area contributed by atoms with Gasteiger partial charge < -0.3 is 10.6 Å². The number of anilines is 1. The van der Waals surface area contributed by atoms with Crippen LogP contribution in [0.5, 0.6) is 0 Å². The lowest BCUT2D eigenvalue weighted by Gasteiger charge is -2.26. The molecule has 4 heteroatoms. The minimum atomic E-state index is 0.615. The second-order valence-electron chi connectivity index (χ2n) is 5.39. The van der Waals surface area contributed by atoms with Gasteiger partial charge in [0.15, 0.2) is 0 Å². The molecule has 0 spiro atoms. The average Bonchev–Trinajstić information content (AvgIpc) is 3.00. The Kier molecular flexibility index (Phi) is 4.05. The van der Waals surface area contributed by atoms with E-state index in [1.165, 1.54) is 19.4 Å². The third-order valence-corrected chi connectivity index (χ3v) is 3.41. The number of aryl methyl sites for hydroxylation is 1. The van der Waals surface area contributed by atoms with Crippen LogP contribution in [0.15, 0.2) is 12.3 Å². The highest BCUT2D eigenvalue weighted by molar-refractivity contribution is 5.23. The largest absolute Gasteiger partial charge is 0.382 e. The molecule has 96 valence electrons. The van der Waals surface area contributed by atoms with Gasteiger partial charge >= 0.3 is 0 Å². The number of nitrogens with two attached hydrogens (primary N) is 1. The molecule has 0 radical (unpaired) electrons. The summed E-state index contributed by atoms with van der Waals surface area (Å²) in [5.74, 6) is 1.58. The van der Waals surface area contributed by atoms with Crippen LogP contribution in [0.4, 0.5) is 5.82 Å². The predicted molar refractivity (Wildman–Crippen MR) is 70.7 cm³/mol. The molecule has 1 aliphatic rings. The van der Waals surface area contributed by atoms with E-state index in [-0.39, 0.29) is 0 Å². The van der Waals surface area contributed by atoms with Crippen LogP contribution in [0.3, 0.4) is 0 Å². The molecule has 1 saturated carbocycles. The van der Waals surface area contributed by atoms with E-state index < -0.39 is 0 Å². The molecule has 2 N–H and O–H groups in total. The molecule has 1 fully saturated rings. The number of aromatic nitrogens is 2. The molecule has 0 aromatic carbocycles. The molecule has 0 aliphatic heterocycles. The van der Waals surface area contributed by atoms with Crippen molar-refractivity contribution in [1.82, 2.24) is 14.7 Å². The van der Waals surface area contributed by atoms with Gasteiger partial charge in [-0.1, -0.05) is 0 Å². The summed E-state index contributed by atoms with van der Waals surface area (Å²) in [7, 11) is 0. The first-order valence-corrected chi connectivity index (χ1v) is 6.68. The van der Waals surface area contributed by atoms with Crippen LogP contribution in [0.1, 0.15) is 33.1 Å². The number of hydrogen-bond acceptors (Lipinski definition) is 3. The van der Waals surface area contributed by atoms with Gasteiger partial charge in [0.25, 0.3) is 0 Å². The fourth-order valence-corrected chi connectivity index (χ4v) is 2.13. The molecule has 2 rings (SSSR count). The Balaban J connectivity index is 1.71. The number of hydrogen-bond donors (Lipinski definition) is 1. The highest BCUT2D eigenvalue weighted by Crippen LogP contribution is 2.30. The van der Waals surface area contributed by atoms with Crippen LogP contribution in [0.2, 0.25) is 0 Å². The van der Waals surface area contributed by atoms with Crippen molar-refractivity contribution in [2.75, 3.05) is 18.8 Å². The maximum absolute atomic E-state index is 5.59. The van der Waals surface area contributed by atoms with Gasteiger partial charge in [-0.3, -0.25) is 4.68 Å². The molecular weight excluding hydrogens is 212 g/mol. The first kappa shape index (κ1) is 12.4. The van der Waals surface area contributed by atoms with E-state index in [1.54, 1.807) is 0 Å². The maximum Gasteiger partial charge on any atom is 0.145 e. The number of rotatable bonds is 7. The van der Waals surface area contributed by atoms with Gasteiger partial charge in [-0.25, -0.2) is 0 Å². The van der Waals surface area contributed by atoms with Gasteiger partial charge in [-0.15, -0.1) is 0 Å². The van der Waals surface area contributed by atoms with Crippen LogP contribution in [0.25, 0.3) is 0 Å². The molecule has 0 saturated heterocycles. The second-order valence-corrected chi connectivity index (χ2v) is 5.39. The van der Waals surface area contributed by atoms with Crippen molar-refractivity contribution in [3.05, 3.63) is 12.3 Å². The summed E-state index contributed by atoms with van der Waals surface area (Å²) in [6.45, 7) is 7.97. The van der Waals surface area contributed by atoms with E-state index >= 15 is 0 Å². The van der Waals surface area contributed by atoms with Crippen LogP contribution >= 0.6 is 0 Å². The normalized spacial score (nSPS) is 16.0. The van der Waals surface area contributed by atoms with E-state index in [9.17, 15) is 0 Å². The Morgan fingerprint density at radius 2 is 2.29 bits per heavy atom. The number of nitrogens with zero attached hydrogens (tertiary/aromatic N) is 3. The zero-order chi connectivity index (χ0) is 12.3. The van der Waals surface area contributed by atoms with Gasteiger partial charge in [-0.05, 0) is 45.1 Å². The lowest BCUT2D eigenvalue weighted by molar-refractivity contribution is 0.205. The van der Waals surface area contributed by atoms with E-state index in [2.05, 4.69) is 23.8 Å². The van der Waals surface area contributed by atoms with Crippen molar-refractivity contribution in [2.24, 2.45) is 5.92 Å². The molecule has 1 aromatic heterocycles. The Hall–Kier alpha value is -1.03. The van der Waals surface area contributed by atoms with Crippen molar-refractivity contribution in [1.29, 1.82) is 0 Å². The van der Waals surface area contributed by atoms with E-state index in [0.29, 0.717) is 11.9 Å². The summed E-state index contributed by atoms with van der Waals surface area (Å²) < 4.78 is 1.94. The van der Waals surface area contributed by atoms with Crippen LogP contribution < -0.4 is 5.73 Å². The molecule has 0 bridgehead atoms. The van der Waals surface area contributed by atoms with Crippen molar-refractivity contribution >= 4 is 5.82 Å². The summed E-state index contributed by atoms with van der Waals surface area (Å²) in [6.07, 6.45) is 5.96. The first-order chi connectivity index (χ1) is 8.15. The maximum atomic E-state index is 5.59. The molecular formula is C13H24N4. The van der Waals surface area contributed by atoms with Crippen LogP contribution in [-0.4, -0.2) is 33.8 Å². The number of nitrogen functional groups attached to an aromatic ring is 1. The van der Waals surface area contributed by atoms with Gasteiger partial charge in [0.2, 0.25) is 0 Å². The Labute approximate surface area is 104 Å². The molecule has 0 atom stereocenters. The first-order valence-electron chi connectivity index (χ1n) is 6.68. The minimum absolute atomic E-state index is 0.615. The molecule has 1 aromatic rings. The summed E-state index contributed by atoms with van der Waals surface area (Å²) in [5.41, 5.74) is 5.59. The molecule has 4 nitrogen and oxygen atoms in total. The standard InChI is InChI=1S/C13H24N4/c1-11(2)16(10-12-4-5-12)7-3-8-17-9-6-13(14)15-17/h6,9,11-12H,3-5,7-8,10H2,1-2H3,(H2,14,15). The summed E-state index contributed by atoms with van der Waals surface area (Å²) >= 11 is 0. The topological polar surface area (TPSA) is 47.1 Å². The fraction of sp³-hybridized carbons (Fsp3) is 0.769. The molecule has 0 amide bonds. The zero-order valence-corrected chi connectivity index (χ0v) is 11.0. The Morgan fingerprint density at radius 1 is 1.53 bits per heavy atom. The van der Waals surface area contributed by atoms with Gasteiger partial charge in [0, 0.05) is 31.9 Å². The second kappa shape index (κ2) is 5.54. The van der Waals surface area contributed by atoms with Crippen molar-refractivity contribution < 1.29 is 0 Å². The third kappa shape index (κ3) is 4.04. The SMILES string of the molecule is CC(C)N(CCCn1ccc(N)n1)CC1CC1. The smallest absolute Gasteiger partial charge is 0.145 e. The molecule has 1 aliphatic carbocycles. The van der Waals surface area contributed by atoms with Gasteiger partial charge in [-0.2, -0.15) is 5.10 Å². The quantitative estimate of drug-likeness (QED) is 0.787. The van der Waals surface area contributed by atoms with Crippen molar-refractivity contribution in [2.45, 2.75) is 45.7 Å². The molecule has 17 heavy (non-hydrogen) atoms.